The Kier molecular flexibility index (Phi) is 6.94. The van der Waals surface area contributed by atoms with E-state index in [1.54, 1.807) is 17.0 Å². The van der Waals surface area contributed by atoms with Gasteiger partial charge >= 0.3 is 11.9 Å². The predicted molar refractivity (Wildman–Crippen MR) is 118 cm³/mol. The van der Waals surface area contributed by atoms with Crippen molar-refractivity contribution in [3.05, 3.63) is 70.1 Å². The summed E-state index contributed by atoms with van der Waals surface area (Å²) in [6.07, 6.45) is 0. The Balaban J connectivity index is 1.96. The minimum Gasteiger partial charge on any atom is -0.479 e. The van der Waals surface area contributed by atoms with Crippen molar-refractivity contribution in [2.45, 2.75) is 13.5 Å². The maximum absolute atomic E-state index is 12.2. The number of carbonyl (C=O) groups excluding carboxylic acids is 1. The summed E-state index contributed by atoms with van der Waals surface area (Å²) in [5.41, 5.74) is 2.20. The van der Waals surface area contributed by atoms with E-state index in [-0.39, 0.29) is 21.6 Å². The molecule has 3 rings (SSSR count). The number of rotatable bonds is 8. The largest absolute Gasteiger partial charge is 0.479 e. The lowest BCUT2D eigenvalue weighted by molar-refractivity contribution is -0.139. The fraction of sp³-hybridized carbons (Fsp3) is 0.136. The summed E-state index contributed by atoms with van der Waals surface area (Å²) in [6.45, 7) is 1.09. The number of thiophene rings is 1. The van der Waals surface area contributed by atoms with Gasteiger partial charge in [-0.25, -0.2) is 9.59 Å². The van der Waals surface area contributed by atoms with Gasteiger partial charge < -0.3 is 19.8 Å². The van der Waals surface area contributed by atoms with Crippen molar-refractivity contribution >= 4 is 46.5 Å². The van der Waals surface area contributed by atoms with E-state index in [0.717, 1.165) is 22.6 Å². The monoisotopic (exact) mass is 459 g/mol. The molecule has 0 fully saturated rings. The number of benzene rings is 2. The number of amides is 1. The van der Waals surface area contributed by atoms with Crippen molar-refractivity contribution in [3.8, 4) is 16.2 Å². The summed E-state index contributed by atoms with van der Waals surface area (Å²) in [4.78, 5) is 36.5. The van der Waals surface area contributed by atoms with Crippen LogP contribution in [0.1, 0.15) is 22.2 Å². The SMILES string of the molecule is CC(=O)N(Cc1cccc(-c2sc(C(=O)O)c(OCC(=O)O)c2Cl)c1)c1ccccc1. The first-order valence-corrected chi connectivity index (χ1v) is 10.3. The molecule has 2 aromatic carbocycles. The van der Waals surface area contributed by atoms with Crippen molar-refractivity contribution in [2.75, 3.05) is 11.5 Å². The Morgan fingerprint density at radius 3 is 2.39 bits per heavy atom. The van der Waals surface area contributed by atoms with E-state index in [1.807, 2.05) is 42.5 Å². The van der Waals surface area contributed by atoms with Gasteiger partial charge in [0.15, 0.2) is 17.2 Å². The van der Waals surface area contributed by atoms with Crippen molar-refractivity contribution < 1.29 is 29.3 Å². The van der Waals surface area contributed by atoms with Crippen LogP contribution >= 0.6 is 22.9 Å². The summed E-state index contributed by atoms with van der Waals surface area (Å²) in [6, 6.07) is 16.4. The second kappa shape index (κ2) is 9.63. The minimum atomic E-state index is -1.26. The molecular weight excluding hydrogens is 442 g/mol. The molecule has 0 aliphatic rings. The number of halogens is 1. The molecular formula is C22H18ClNO6S. The lowest BCUT2D eigenvalue weighted by Crippen LogP contribution is -2.27. The van der Waals surface area contributed by atoms with Gasteiger partial charge in [0.25, 0.3) is 0 Å². The average Bonchev–Trinajstić information content (AvgIpc) is 3.07. The van der Waals surface area contributed by atoms with Crippen molar-refractivity contribution in [2.24, 2.45) is 0 Å². The van der Waals surface area contributed by atoms with E-state index in [1.165, 1.54) is 6.92 Å². The predicted octanol–water partition coefficient (Wildman–Crippen LogP) is 4.78. The molecule has 0 unspecified atom stereocenters. The number of ether oxygens (including phenoxy) is 1. The second-order valence-electron chi connectivity index (χ2n) is 6.53. The lowest BCUT2D eigenvalue weighted by atomic mass is 10.1. The fourth-order valence-electron chi connectivity index (χ4n) is 2.97. The van der Waals surface area contributed by atoms with E-state index < -0.39 is 18.5 Å². The normalized spacial score (nSPS) is 10.5. The molecule has 0 radical (unpaired) electrons. The zero-order valence-electron chi connectivity index (χ0n) is 16.4. The van der Waals surface area contributed by atoms with Gasteiger partial charge in [-0.1, -0.05) is 48.0 Å². The first-order chi connectivity index (χ1) is 14.8. The van der Waals surface area contributed by atoms with Crippen molar-refractivity contribution in [1.82, 2.24) is 0 Å². The molecule has 160 valence electrons. The number of carbonyl (C=O) groups is 3. The number of anilines is 1. The third-order valence-corrected chi connectivity index (χ3v) is 6.00. The summed E-state index contributed by atoms with van der Waals surface area (Å²) < 4.78 is 5.12. The van der Waals surface area contributed by atoms with Crippen LogP contribution < -0.4 is 9.64 Å². The van der Waals surface area contributed by atoms with Gasteiger partial charge in [-0.05, 0) is 29.3 Å². The quantitative estimate of drug-likeness (QED) is 0.502. The highest BCUT2D eigenvalue weighted by molar-refractivity contribution is 7.18. The smallest absolute Gasteiger partial charge is 0.349 e. The lowest BCUT2D eigenvalue weighted by Gasteiger charge is -2.21. The Morgan fingerprint density at radius 1 is 1.06 bits per heavy atom. The maximum Gasteiger partial charge on any atom is 0.349 e. The zero-order chi connectivity index (χ0) is 22.5. The third kappa shape index (κ3) is 5.22. The van der Waals surface area contributed by atoms with Crippen LogP contribution in [0.3, 0.4) is 0 Å². The molecule has 3 aromatic rings. The number of carboxylic acid groups (broad SMARTS) is 2. The molecule has 1 aromatic heterocycles. The first-order valence-electron chi connectivity index (χ1n) is 9.10. The van der Waals surface area contributed by atoms with E-state index in [0.29, 0.717) is 17.0 Å². The molecule has 0 bridgehead atoms. The molecule has 0 atom stereocenters. The van der Waals surface area contributed by atoms with Crippen molar-refractivity contribution in [3.63, 3.8) is 0 Å². The summed E-state index contributed by atoms with van der Waals surface area (Å²) in [5, 5.41) is 18.3. The third-order valence-electron chi connectivity index (χ3n) is 4.32. The van der Waals surface area contributed by atoms with Crippen LogP contribution in [0.15, 0.2) is 54.6 Å². The number of hydrogen-bond donors (Lipinski definition) is 2. The molecule has 0 saturated heterocycles. The van der Waals surface area contributed by atoms with Crippen LogP contribution in [0.5, 0.6) is 5.75 Å². The summed E-state index contributed by atoms with van der Waals surface area (Å²) >= 11 is 7.26. The molecule has 9 heteroatoms. The van der Waals surface area contributed by atoms with Gasteiger partial charge in [0, 0.05) is 12.6 Å². The standard InChI is InChI=1S/C22H18ClNO6S/c1-13(25)24(16-8-3-2-4-9-16)11-14-6-5-7-15(10-14)20-18(23)19(30-12-17(26)27)21(31-20)22(28)29/h2-10H,11-12H2,1H3,(H,26,27)(H,28,29). The summed E-state index contributed by atoms with van der Waals surface area (Å²) in [7, 11) is 0. The average molecular weight is 460 g/mol. The number of para-hydroxylation sites is 1. The molecule has 1 amide bonds. The van der Waals surface area contributed by atoms with Crippen LogP contribution in [0, 0.1) is 0 Å². The Labute approximate surface area is 187 Å². The molecule has 31 heavy (non-hydrogen) atoms. The summed E-state index contributed by atoms with van der Waals surface area (Å²) in [5.74, 6) is -2.80. The fourth-order valence-corrected chi connectivity index (χ4v) is 4.37. The number of nitrogens with zero attached hydrogens (tertiary/aromatic N) is 1. The molecule has 0 aliphatic carbocycles. The highest BCUT2D eigenvalue weighted by atomic mass is 35.5. The Bertz CT molecular complexity index is 1130. The van der Waals surface area contributed by atoms with Crippen LogP contribution in [0.25, 0.3) is 10.4 Å². The van der Waals surface area contributed by atoms with Gasteiger partial charge in [-0.2, -0.15) is 0 Å². The van der Waals surface area contributed by atoms with E-state index in [2.05, 4.69) is 0 Å². The maximum atomic E-state index is 12.2. The Hall–Kier alpha value is -3.36. The van der Waals surface area contributed by atoms with Crippen molar-refractivity contribution in [1.29, 1.82) is 0 Å². The van der Waals surface area contributed by atoms with E-state index in [9.17, 15) is 19.5 Å². The molecule has 2 N–H and O–H groups in total. The second-order valence-corrected chi connectivity index (χ2v) is 7.93. The molecule has 1 heterocycles. The number of aliphatic carboxylic acids is 1. The van der Waals surface area contributed by atoms with E-state index >= 15 is 0 Å². The first kappa shape index (κ1) is 22.3. The van der Waals surface area contributed by atoms with Gasteiger partial charge in [-0.3, -0.25) is 4.79 Å². The van der Waals surface area contributed by atoms with Gasteiger partial charge in [0.05, 0.1) is 11.4 Å². The van der Waals surface area contributed by atoms with Crippen LogP contribution in [-0.4, -0.2) is 34.7 Å². The highest BCUT2D eigenvalue weighted by Gasteiger charge is 2.25. The van der Waals surface area contributed by atoms with Gasteiger partial charge in [0.1, 0.15) is 5.02 Å². The Morgan fingerprint density at radius 2 is 1.77 bits per heavy atom. The molecule has 7 nitrogen and oxygen atoms in total. The van der Waals surface area contributed by atoms with Gasteiger partial charge in [-0.15, -0.1) is 11.3 Å². The number of hydrogen-bond acceptors (Lipinski definition) is 5. The van der Waals surface area contributed by atoms with Crippen LogP contribution in [-0.2, 0) is 16.1 Å². The van der Waals surface area contributed by atoms with Gasteiger partial charge in [0.2, 0.25) is 5.91 Å². The zero-order valence-corrected chi connectivity index (χ0v) is 17.9. The number of aromatic carboxylic acids is 1. The molecule has 0 saturated carbocycles. The van der Waals surface area contributed by atoms with Crippen LogP contribution in [0.4, 0.5) is 5.69 Å². The number of carboxylic acids is 2. The highest BCUT2D eigenvalue weighted by Crippen LogP contribution is 2.45. The topological polar surface area (TPSA) is 104 Å². The minimum absolute atomic E-state index is 0.0345. The van der Waals surface area contributed by atoms with E-state index in [4.69, 9.17) is 21.4 Å². The van der Waals surface area contributed by atoms with Crippen LogP contribution in [0.2, 0.25) is 5.02 Å². The molecule has 0 spiro atoms. The molecule has 0 aliphatic heterocycles.